The second-order valence-electron chi connectivity index (χ2n) is 11.8. The summed E-state index contributed by atoms with van der Waals surface area (Å²) < 4.78 is 30.2. The molecule has 0 aliphatic heterocycles. The topological polar surface area (TPSA) is 0 Å². The SMILES string of the molecule is CCC1CCC(c2ccc(C3CC=C(c4ccc(C5CCC(C)CC5)c(F)c4)CC3)c(F)c2)CC1. The van der Waals surface area contributed by atoms with E-state index < -0.39 is 0 Å². The molecule has 5 rings (SSSR count). The Labute approximate surface area is 211 Å². The minimum Gasteiger partial charge on any atom is -0.207 e. The molecule has 1 unspecified atom stereocenters. The molecule has 2 fully saturated rings. The zero-order chi connectivity index (χ0) is 24.4. The van der Waals surface area contributed by atoms with Crippen LogP contribution in [0.25, 0.3) is 5.57 Å². The first-order valence-electron chi connectivity index (χ1n) is 14.3. The molecule has 1 atom stereocenters. The van der Waals surface area contributed by atoms with E-state index in [9.17, 15) is 0 Å². The lowest BCUT2D eigenvalue weighted by Crippen LogP contribution is -2.13. The van der Waals surface area contributed by atoms with Crippen LogP contribution in [0.4, 0.5) is 8.78 Å². The lowest BCUT2D eigenvalue weighted by Gasteiger charge is -2.29. The van der Waals surface area contributed by atoms with Gasteiger partial charge in [0.2, 0.25) is 0 Å². The Balaban J connectivity index is 1.23. The van der Waals surface area contributed by atoms with Gasteiger partial charge in [0.1, 0.15) is 11.6 Å². The van der Waals surface area contributed by atoms with Crippen LogP contribution in [0, 0.1) is 23.5 Å². The van der Waals surface area contributed by atoms with E-state index >= 15 is 8.78 Å². The quantitative estimate of drug-likeness (QED) is 0.402. The van der Waals surface area contributed by atoms with Gasteiger partial charge in [-0.25, -0.2) is 8.78 Å². The average molecular weight is 477 g/mol. The molecule has 0 amide bonds. The fourth-order valence-electron chi connectivity index (χ4n) is 7.04. The fraction of sp³-hybridized carbons (Fsp3) is 0.576. The Hall–Kier alpha value is -1.96. The molecule has 188 valence electrons. The molecule has 0 nitrogen and oxygen atoms in total. The molecule has 2 aromatic rings. The van der Waals surface area contributed by atoms with Crippen molar-refractivity contribution in [3.05, 3.63) is 76.4 Å². The van der Waals surface area contributed by atoms with Gasteiger partial charge in [-0.15, -0.1) is 0 Å². The maximum atomic E-state index is 15.2. The third kappa shape index (κ3) is 5.57. The molecule has 2 aromatic carbocycles. The highest BCUT2D eigenvalue weighted by Crippen LogP contribution is 2.42. The minimum absolute atomic E-state index is 0.0286. The molecule has 35 heavy (non-hydrogen) atoms. The van der Waals surface area contributed by atoms with Crippen molar-refractivity contribution in [3.63, 3.8) is 0 Å². The molecule has 0 spiro atoms. The van der Waals surface area contributed by atoms with Gasteiger partial charge in [-0.2, -0.15) is 0 Å². The monoisotopic (exact) mass is 476 g/mol. The van der Waals surface area contributed by atoms with E-state index in [-0.39, 0.29) is 17.6 Å². The molecule has 0 radical (unpaired) electrons. The number of benzene rings is 2. The van der Waals surface area contributed by atoms with Crippen LogP contribution in [0.2, 0.25) is 0 Å². The maximum Gasteiger partial charge on any atom is 0.127 e. The van der Waals surface area contributed by atoms with Gasteiger partial charge < -0.3 is 0 Å². The van der Waals surface area contributed by atoms with Crippen molar-refractivity contribution in [1.82, 2.24) is 0 Å². The summed E-state index contributed by atoms with van der Waals surface area (Å²) in [5.41, 5.74) is 5.18. The summed E-state index contributed by atoms with van der Waals surface area (Å²) in [4.78, 5) is 0. The van der Waals surface area contributed by atoms with Crippen molar-refractivity contribution in [3.8, 4) is 0 Å². The molecule has 2 saturated carbocycles. The van der Waals surface area contributed by atoms with Crippen LogP contribution in [0.1, 0.15) is 131 Å². The van der Waals surface area contributed by atoms with Crippen LogP contribution in [0.5, 0.6) is 0 Å². The van der Waals surface area contributed by atoms with Crippen molar-refractivity contribution in [2.45, 2.75) is 109 Å². The number of rotatable bonds is 5. The Kier molecular flexibility index (Phi) is 7.75. The van der Waals surface area contributed by atoms with Gasteiger partial charge >= 0.3 is 0 Å². The highest BCUT2D eigenvalue weighted by atomic mass is 19.1. The van der Waals surface area contributed by atoms with E-state index in [1.165, 1.54) is 56.1 Å². The molecule has 2 heteroatoms. The lowest BCUT2D eigenvalue weighted by molar-refractivity contribution is 0.318. The number of hydrogen-bond acceptors (Lipinski definition) is 0. The van der Waals surface area contributed by atoms with E-state index in [1.807, 2.05) is 12.1 Å². The summed E-state index contributed by atoms with van der Waals surface area (Å²) in [5, 5.41) is 0. The zero-order valence-electron chi connectivity index (χ0n) is 21.7. The fourth-order valence-corrected chi connectivity index (χ4v) is 7.04. The first-order valence-corrected chi connectivity index (χ1v) is 14.3. The van der Waals surface area contributed by atoms with Crippen LogP contribution in [0.3, 0.4) is 0 Å². The molecule has 0 N–H and O–H groups in total. The van der Waals surface area contributed by atoms with Crippen molar-refractivity contribution in [2.75, 3.05) is 0 Å². The highest BCUT2D eigenvalue weighted by Gasteiger charge is 2.26. The van der Waals surface area contributed by atoms with E-state index in [2.05, 4.69) is 38.1 Å². The van der Waals surface area contributed by atoms with Gasteiger partial charge in [0.25, 0.3) is 0 Å². The molecular formula is C33H42F2. The highest BCUT2D eigenvalue weighted by molar-refractivity contribution is 5.67. The van der Waals surface area contributed by atoms with Crippen molar-refractivity contribution >= 4 is 5.57 Å². The third-order valence-electron chi connectivity index (χ3n) is 9.60. The van der Waals surface area contributed by atoms with Crippen molar-refractivity contribution in [2.24, 2.45) is 11.8 Å². The van der Waals surface area contributed by atoms with Crippen LogP contribution >= 0.6 is 0 Å². The normalized spacial score (nSPS) is 29.6. The predicted molar refractivity (Wildman–Crippen MR) is 143 cm³/mol. The summed E-state index contributed by atoms with van der Waals surface area (Å²) in [6.45, 7) is 4.59. The second kappa shape index (κ2) is 11.0. The third-order valence-corrected chi connectivity index (χ3v) is 9.60. The van der Waals surface area contributed by atoms with Crippen LogP contribution in [-0.4, -0.2) is 0 Å². The Bertz CT molecular complexity index is 1040. The second-order valence-corrected chi connectivity index (χ2v) is 11.8. The Morgan fingerprint density at radius 3 is 2.00 bits per heavy atom. The Morgan fingerprint density at radius 1 is 0.714 bits per heavy atom. The molecule has 0 aromatic heterocycles. The van der Waals surface area contributed by atoms with E-state index in [4.69, 9.17) is 0 Å². The molecule has 0 heterocycles. The summed E-state index contributed by atoms with van der Waals surface area (Å²) in [6.07, 6.45) is 15.7. The van der Waals surface area contributed by atoms with Crippen LogP contribution in [0.15, 0.2) is 42.5 Å². The van der Waals surface area contributed by atoms with Crippen LogP contribution < -0.4 is 0 Å². The largest absolute Gasteiger partial charge is 0.207 e. The smallest absolute Gasteiger partial charge is 0.127 e. The van der Waals surface area contributed by atoms with E-state index in [1.54, 1.807) is 6.07 Å². The van der Waals surface area contributed by atoms with Gasteiger partial charge in [-0.1, -0.05) is 63.5 Å². The Morgan fingerprint density at radius 2 is 1.37 bits per heavy atom. The molecule has 3 aliphatic carbocycles. The summed E-state index contributed by atoms with van der Waals surface area (Å²) >= 11 is 0. The summed E-state index contributed by atoms with van der Waals surface area (Å²) in [5.74, 6) is 2.68. The van der Waals surface area contributed by atoms with E-state index in [0.717, 1.165) is 60.6 Å². The first-order chi connectivity index (χ1) is 17.0. The predicted octanol–water partition coefficient (Wildman–Crippen LogP) is 10.3. The van der Waals surface area contributed by atoms with Gasteiger partial charge in [0, 0.05) is 0 Å². The van der Waals surface area contributed by atoms with Crippen molar-refractivity contribution < 1.29 is 8.78 Å². The number of hydrogen-bond donors (Lipinski definition) is 0. The standard InChI is InChI=1S/C33H42F2/c1-3-23-6-10-24(11-7-23)28-16-19-31(33(35)20-28)27-14-12-25(13-15-27)29-17-18-30(32(34)21-29)26-8-4-22(2)5-9-26/h12,16-24,26-27H,3-11,13-15H2,1-2H3. The summed E-state index contributed by atoms with van der Waals surface area (Å²) in [6, 6.07) is 12.0. The number of allylic oxidation sites excluding steroid dienone is 2. The van der Waals surface area contributed by atoms with Gasteiger partial charge in [-0.05, 0) is 127 Å². The van der Waals surface area contributed by atoms with Gasteiger partial charge in [0.15, 0.2) is 0 Å². The van der Waals surface area contributed by atoms with Crippen LogP contribution in [-0.2, 0) is 0 Å². The van der Waals surface area contributed by atoms with Gasteiger partial charge in [0.05, 0.1) is 0 Å². The first kappa shape index (κ1) is 24.7. The molecule has 3 aliphatic rings. The number of halogens is 2. The maximum absolute atomic E-state index is 15.2. The van der Waals surface area contributed by atoms with Crippen molar-refractivity contribution in [1.29, 1.82) is 0 Å². The lowest BCUT2D eigenvalue weighted by atomic mass is 9.77. The van der Waals surface area contributed by atoms with E-state index in [0.29, 0.717) is 11.8 Å². The molecule has 0 bridgehead atoms. The summed E-state index contributed by atoms with van der Waals surface area (Å²) in [7, 11) is 0. The molecular weight excluding hydrogens is 434 g/mol. The van der Waals surface area contributed by atoms with Gasteiger partial charge in [-0.3, -0.25) is 0 Å². The zero-order valence-corrected chi connectivity index (χ0v) is 21.7. The average Bonchev–Trinajstić information content (AvgIpc) is 2.89. The minimum atomic E-state index is -0.0420. The molecule has 0 saturated heterocycles.